The molecule has 1 amide bonds. The quantitative estimate of drug-likeness (QED) is 0.510. The minimum absolute atomic E-state index is 0.234. The lowest BCUT2D eigenvalue weighted by Crippen LogP contribution is -2.17. The maximum Gasteiger partial charge on any atom is 0.282 e. The Morgan fingerprint density at radius 3 is 2.68 bits per heavy atom. The molecule has 1 aliphatic carbocycles. The number of carbonyl (C=O) groups is 1. The molecule has 0 radical (unpaired) electrons. The topological polar surface area (TPSA) is 105 Å². The second-order valence-electron chi connectivity index (χ2n) is 7.79. The van der Waals surface area contributed by atoms with Crippen LogP contribution in [0.2, 0.25) is 0 Å². The molecule has 158 valence electrons. The third kappa shape index (κ3) is 3.65. The zero-order chi connectivity index (χ0) is 21.4. The van der Waals surface area contributed by atoms with Gasteiger partial charge in [-0.05, 0) is 29.9 Å². The highest BCUT2D eigenvalue weighted by Crippen LogP contribution is 2.33. The lowest BCUT2D eigenvalue weighted by molar-refractivity contribution is 0.0962. The molecule has 0 atom stereocenters. The number of hydrogen-bond acceptors (Lipinski definition) is 6. The summed E-state index contributed by atoms with van der Waals surface area (Å²) in [6.45, 7) is 0. The van der Waals surface area contributed by atoms with Gasteiger partial charge in [0, 0.05) is 13.1 Å². The first-order valence-corrected chi connectivity index (χ1v) is 11.2. The standard InChI is InChI=1S/C22H22N6O2S/c1-23-20(30)22-27-26-21(31-22)16-12-24-28-18(29)11-17(25-19(16)28)15-9-7-14(8-10-15)13-5-3-2-4-6-13/h7-13,25H,2-6H2,1H3,(H,23,30). The van der Waals surface area contributed by atoms with Gasteiger partial charge in [-0.1, -0.05) is 54.9 Å². The lowest BCUT2D eigenvalue weighted by atomic mass is 9.84. The molecule has 3 heterocycles. The fraction of sp³-hybridized carbons (Fsp3) is 0.318. The van der Waals surface area contributed by atoms with Crippen LogP contribution in [0, 0.1) is 0 Å². The van der Waals surface area contributed by atoms with Gasteiger partial charge in [0.2, 0.25) is 5.01 Å². The molecular formula is C22H22N6O2S. The highest BCUT2D eigenvalue weighted by molar-refractivity contribution is 7.16. The van der Waals surface area contributed by atoms with E-state index in [1.165, 1.54) is 42.2 Å². The summed E-state index contributed by atoms with van der Waals surface area (Å²) < 4.78 is 1.30. The van der Waals surface area contributed by atoms with Crippen molar-refractivity contribution in [2.75, 3.05) is 7.05 Å². The Bertz CT molecular complexity index is 1300. The Kier molecular flexibility index (Phi) is 5.11. The number of benzene rings is 1. The van der Waals surface area contributed by atoms with Crippen LogP contribution < -0.4 is 10.9 Å². The molecular weight excluding hydrogens is 412 g/mol. The van der Waals surface area contributed by atoms with Crippen LogP contribution in [-0.4, -0.2) is 37.8 Å². The first kappa shape index (κ1) is 19.6. The zero-order valence-corrected chi connectivity index (χ0v) is 17.9. The number of amides is 1. The fourth-order valence-corrected chi connectivity index (χ4v) is 5.00. The molecule has 0 bridgehead atoms. The van der Waals surface area contributed by atoms with Gasteiger partial charge in [-0.3, -0.25) is 9.59 Å². The first-order valence-electron chi connectivity index (χ1n) is 10.4. The van der Waals surface area contributed by atoms with Crippen LogP contribution in [-0.2, 0) is 0 Å². The molecule has 0 aliphatic heterocycles. The van der Waals surface area contributed by atoms with E-state index in [1.807, 2.05) is 0 Å². The van der Waals surface area contributed by atoms with Crippen molar-refractivity contribution in [2.24, 2.45) is 0 Å². The van der Waals surface area contributed by atoms with Crippen LogP contribution in [0.4, 0.5) is 0 Å². The number of fused-ring (bicyclic) bond motifs is 1. The van der Waals surface area contributed by atoms with Crippen molar-refractivity contribution in [1.82, 2.24) is 30.1 Å². The molecule has 9 heteroatoms. The van der Waals surface area contributed by atoms with Crippen LogP contribution in [0.3, 0.4) is 0 Å². The Morgan fingerprint density at radius 1 is 1.16 bits per heavy atom. The molecule has 4 aromatic rings. The smallest absolute Gasteiger partial charge is 0.282 e. The number of nitrogens with zero attached hydrogens (tertiary/aromatic N) is 4. The summed E-state index contributed by atoms with van der Waals surface area (Å²) in [7, 11) is 1.54. The molecule has 1 fully saturated rings. The van der Waals surface area contributed by atoms with Crippen molar-refractivity contribution in [1.29, 1.82) is 0 Å². The van der Waals surface area contributed by atoms with E-state index in [0.717, 1.165) is 16.9 Å². The summed E-state index contributed by atoms with van der Waals surface area (Å²) in [6.07, 6.45) is 8.00. The largest absolute Gasteiger partial charge is 0.353 e. The van der Waals surface area contributed by atoms with Gasteiger partial charge in [-0.15, -0.1) is 10.2 Å². The number of H-pyrrole nitrogens is 1. The van der Waals surface area contributed by atoms with Crippen molar-refractivity contribution in [2.45, 2.75) is 38.0 Å². The van der Waals surface area contributed by atoms with Crippen LogP contribution in [0.25, 0.3) is 27.5 Å². The van der Waals surface area contributed by atoms with Crippen molar-refractivity contribution in [3.8, 4) is 21.8 Å². The number of aromatic nitrogens is 5. The lowest BCUT2D eigenvalue weighted by Gasteiger charge is -2.22. The van der Waals surface area contributed by atoms with E-state index in [-0.39, 0.29) is 16.5 Å². The van der Waals surface area contributed by atoms with E-state index in [0.29, 0.717) is 27.8 Å². The Labute approximate surface area is 182 Å². The maximum absolute atomic E-state index is 12.7. The number of aromatic amines is 1. The molecule has 0 unspecified atom stereocenters. The minimum atomic E-state index is -0.299. The van der Waals surface area contributed by atoms with Gasteiger partial charge in [-0.25, -0.2) is 0 Å². The predicted octanol–water partition coefficient (Wildman–Crippen LogP) is 3.62. The molecule has 5 rings (SSSR count). The van der Waals surface area contributed by atoms with E-state index >= 15 is 0 Å². The Morgan fingerprint density at radius 2 is 1.94 bits per heavy atom. The van der Waals surface area contributed by atoms with Gasteiger partial charge in [0.25, 0.3) is 11.5 Å². The molecule has 1 aliphatic rings. The normalized spacial score (nSPS) is 14.7. The second-order valence-corrected chi connectivity index (χ2v) is 8.77. The summed E-state index contributed by atoms with van der Waals surface area (Å²) in [5.41, 5.74) is 3.94. The van der Waals surface area contributed by atoms with Crippen LogP contribution in [0.15, 0.2) is 41.3 Å². The first-order chi connectivity index (χ1) is 15.1. The van der Waals surface area contributed by atoms with Gasteiger partial charge < -0.3 is 10.3 Å². The van der Waals surface area contributed by atoms with Crippen molar-refractivity contribution >= 4 is 22.9 Å². The molecule has 8 nitrogen and oxygen atoms in total. The van der Waals surface area contributed by atoms with Crippen molar-refractivity contribution < 1.29 is 4.79 Å². The third-order valence-electron chi connectivity index (χ3n) is 5.87. The SMILES string of the molecule is CNC(=O)c1nnc(-c2cnn3c(=O)cc(-c4ccc(C5CCCCC5)cc4)[nH]c23)s1. The Balaban J connectivity index is 1.52. The zero-order valence-electron chi connectivity index (χ0n) is 17.1. The Hall–Kier alpha value is -3.33. The van der Waals surface area contributed by atoms with Crippen molar-refractivity contribution in [3.05, 3.63) is 57.5 Å². The van der Waals surface area contributed by atoms with E-state index in [2.05, 4.69) is 49.9 Å². The average Bonchev–Trinajstić information content (AvgIpc) is 3.47. The fourth-order valence-electron chi connectivity index (χ4n) is 4.20. The van der Waals surface area contributed by atoms with E-state index in [4.69, 9.17) is 0 Å². The van der Waals surface area contributed by atoms with Gasteiger partial charge in [0.15, 0.2) is 5.01 Å². The maximum atomic E-state index is 12.7. The molecule has 0 spiro atoms. The molecule has 2 N–H and O–H groups in total. The van der Waals surface area contributed by atoms with E-state index < -0.39 is 0 Å². The van der Waals surface area contributed by atoms with Crippen LogP contribution >= 0.6 is 11.3 Å². The summed E-state index contributed by atoms with van der Waals surface area (Å²) >= 11 is 1.15. The molecule has 31 heavy (non-hydrogen) atoms. The van der Waals surface area contributed by atoms with E-state index in [1.54, 1.807) is 19.3 Å². The highest BCUT2D eigenvalue weighted by atomic mass is 32.1. The number of hydrogen-bond donors (Lipinski definition) is 2. The number of nitrogens with one attached hydrogen (secondary N) is 2. The van der Waals surface area contributed by atoms with Crippen LogP contribution in [0.5, 0.6) is 0 Å². The number of carbonyl (C=O) groups excluding carboxylic acids is 1. The van der Waals surface area contributed by atoms with Gasteiger partial charge in [-0.2, -0.15) is 9.61 Å². The summed E-state index contributed by atoms with van der Waals surface area (Å²) in [6, 6.07) is 10.0. The second kappa shape index (κ2) is 8.07. The monoisotopic (exact) mass is 434 g/mol. The highest BCUT2D eigenvalue weighted by Gasteiger charge is 2.18. The summed E-state index contributed by atoms with van der Waals surface area (Å²) in [5, 5.41) is 15.5. The van der Waals surface area contributed by atoms with Crippen molar-refractivity contribution in [3.63, 3.8) is 0 Å². The van der Waals surface area contributed by atoms with Gasteiger partial charge in [0.1, 0.15) is 5.65 Å². The van der Waals surface area contributed by atoms with Gasteiger partial charge in [0.05, 0.1) is 17.5 Å². The van der Waals surface area contributed by atoms with Gasteiger partial charge >= 0.3 is 0 Å². The predicted molar refractivity (Wildman–Crippen MR) is 119 cm³/mol. The molecule has 1 aromatic carbocycles. The molecule has 1 saturated carbocycles. The summed E-state index contributed by atoms with van der Waals surface area (Å²) in [4.78, 5) is 27.8. The molecule has 0 saturated heterocycles. The average molecular weight is 435 g/mol. The number of rotatable bonds is 4. The molecule has 3 aromatic heterocycles. The van der Waals surface area contributed by atoms with Crippen LogP contribution in [0.1, 0.15) is 53.4 Å². The minimum Gasteiger partial charge on any atom is -0.353 e. The summed E-state index contributed by atoms with van der Waals surface area (Å²) in [5.74, 6) is 0.338. The third-order valence-corrected chi connectivity index (χ3v) is 6.83. The van der Waals surface area contributed by atoms with E-state index in [9.17, 15) is 9.59 Å².